The van der Waals surface area contributed by atoms with E-state index in [4.69, 9.17) is 0 Å². The Morgan fingerprint density at radius 1 is 0.857 bits per heavy atom. The fraction of sp³-hybridized carbons (Fsp3) is 0.850. The Hall–Kier alpha value is -0.590. The minimum Gasteiger partial charge on any atom is -0.295 e. The third-order valence-electron chi connectivity index (χ3n) is 6.81. The van der Waals surface area contributed by atoms with Crippen molar-refractivity contribution in [3.05, 3.63) is 12.2 Å². The number of hydrogen-bond acceptors (Lipinski definition) is 1. The molecule has 3 aliphatic rings. The lowest BCUT2D eigenvalue weighted by Crippen LogP contribution is -2.28. The first kappa shape index (κ1) is 15.3. The minimum absolute atomic E-state index is 0.340. The quantitative estimate of drug-likeness (QED) is 0.666. The van der Waals surface area contributed by atoms with Gasteiger partial charge < -0.3 is 0 Å². The molecule has 0 aromatic heterocycles. The molecular formula is C20H32O. The number of hydrogen-bond donors (Lipinski definition) is 0. The highest BCUT2D eigenvalue weighted by atomic mass is 16.1. The van der Waals surface area contributed by atoms with Gasteiger partial charge in [0, 0.05) is 6.42 Å². The van der Waals surface area contributed by atoms with Gasteiger partial charge >= 0.3 is 0 Å². The maximum absolute atomic E-state index is 11.3. The van der Waals surface area contributed by atoms with E-state index in [9.17, 15) is 4.79 Å². The number of rotatable bonds is 3. The molecule has 1 heteroatoms. The SMILES string of the molecule is CCC1CCC(C2CCC(C3C=CC(=O)CC3)CC2)CC1. The Kier molecular flexibility index (Phi) is 5.19. The predicted molar refractivity (Wildman–Crippen MR) is 88.1 cm³/mol. The van der Waals surface area contributed by atoms with Crippen LogP contribution in [0.3, 0.4) is 0 Å². The molecule has 0 aliphatic heterocycles. The summed E-state index contributed by atoms with van der Waals surface area (Å²) in [4.78, 5) is 11.3. The summed E-state index contributed by atoms with van der Waals surface area (Å²) in [7, 11) is 0. The smallest absolute Gasteiger partial charge is 0.155 e. The van der Waals surface area contributed by atoms with Crippen LogP contribution in [-0.2, 0) is 4.79 Å². The summed E-state index contributed by atoms with van der Waals surface area (Å²) < 4.78 is 0. The monoisotopic (exact) mass is 288 g/mol. The largest absolute Gasteiger partial charge is 0.295 e. The van der Waals surface area contributed by atoms with E-state index in [1.54, 1.807) is 0 Å². The minimum atomic E-state index is 0.340. The molecule has 0 saturated heterocycles. The molecule has 118 valence electrons. The first-order chi connectivity index (χ1) is 10.3. The molecule has 3 rings (SSSR count). The van der Waals surface area contributed by atoms with Gasteiger partial charge in [0.2, 0.25) is 0 Å². The molecule has 0 aromatic carbocycles. The summed E-state index contributed by atoms with van der Waals surface area (Å²) >= 11 is 0. The van der Waals surface area contributed by atoms with Crippen LogP contribution >= 0.6 is 0 Å². The highest BCUT2D eigenvalue weighted by molar-refractivity contribution is 5.90. The van der Waals surface area contributed by atoms with Gasteiger partial charge in [-0.05, 0) is 80.6 Å². The van der Waals surface area contributed by atoms with Gasteiger partial charge in [-0.25, -0.2) is 0 Å². The molecule has 21 heavy (non-hydrogen) atoms. The van der Waals surface area contributed by atoms with E-state index >= 15 is 0 Å². The third kappa shape index (κ3) is 3.79. The van der Waals surface area contributed by atoms with Crippen molar-refractivity contribution >= 4 is 5.78 Å². The van der Waals surface area contributed by atoms with Gasteiger partial charge in [-0.1, -0.05) is 32.3 Å². The average molecular weight is 288 g/mol. The molecule has 0 aromatic rings. The van der Waals surface area contributed by atoms with E-state index in [1.807, 2.05) is 6.08 Å². The van der Waals surface area contributed by atoms with Crippen molar-refractivity contribution in [2.45, 2.75) is 77.6 Å². The number of carbonyl (C=O) groups excluding carboxylic acids is 1. The Balaban J connectivity index is 1.45. The molecule has 2 saturated carbocycles. The maximum atomic E-state index is 11.3. The zero-order valence-corrected chi connectivity index (χ0v) is 13.7. The zero-order chi connectivity index (χ0) is 14.7. The molecule has 0 N–H and O–H groups in total. The highest BCUT2D eigenvalue weighted by Gasteiger charge is 2.33. The van der Waals surface area contributed by atoms with Crippen molar-refractivity contribution in [2.75, 3.05) is 0 Å². The van der Waals surface area contributed by atoms with E-state index in [0.717, 1.165) is 36.5 Å². The van der Waals surface area contributed by atoms with Gasteiger partial charge in [0.15, 0.2) is 5.78 Å². The van der Waals surface area contributed by atoms with Crippen molar-refractivity contribution in [1.29, 1.82) is 0 Å². The van der Waals surface area contributed by atoms with Crippen molar-refractivity contribution in [2.24, 2.45) is 29.6 Å². The summed E-state index contributed by atoms with van der Waals surface area (Å²) in [6.07, 6.45) is 19.1. The van der Waals surface area contributed by atoms with E-state index in [1.165, 1.54) is 57.8 Å². The lowest BCUT2D eigenvalue weighted by atomic mass is 9.66. The van der Waals surface area contributed by atoms with Crippen molar-refractivity contribution in [1.82, 2.24) is 0 Å². The Labute approximate surface area is 130 Å². The Morgan fingerprint density at radius 2 is 1.43 bits per heavy atom. The van der Waals surface area contributed by atoms with Crippen LogP contribution in [0.15, 0.2) is 12.2 Å². The molecule has 0 spiro atoms. The summed E-state index contributed by atoms with van der Waals surface area (Å²) in [6, 6.07) is 0. The summed E-state index contributed by atoms with van der Waals surface area (Å²) in [5, 5.41) is 0. The van der Waals surface area contributed by atoms with E-state index in [0.29, 0.717) is 11.7 Å². The second-order valence-electron chi connectivity index (χ2n) is 7.89. The van der Waals surface area contributed by atoms with Crippen molar-refractivity contribution in [3.8, 4) is 0 Å². The molecule has 0 amide bonds. The predicted octanol–water partition coefficient (Wildman–Crippen LogP) is 5.54. The van der Waals surface area contributed by atoms with Crippen LogP contribution in [0.2, 0.25) is 0 Å². The van der Waals surface area contributed by atoms with Crippen molar-refractivity contribution < 1.29 is 4.79 Å². The number of allylic oxidation sites excluding steroid dienone is 2. The Morgan fingerprint density at radius 3 is 1.95 bits per heavy atom. The average Bonchev–Trinajstić information content (AvgIpc) is 2.56. The molecule has 3 aliphatic carbocycles. The van der Waals surface area contributed by atoms with E-state index < -0.39 is 0 Å². The molecular weight excluding hydrogens is 256 g/mol. The fourth-order valence-corrected chi connectivity index (χ4v) is 5.22. The van der Waals surface area contributed by atoms with Gasteiger partial charge in [0.05, 0.1) is 0 Å². The molecule has 2 fully saturated rings. The highest BCUT2D eigenvalue weighted by Crippen LogP contribution is 2.44. The van der Waals surface area contributed by atoms with Crippen LogP contribution in [0.1, 0.15) is 77.6 Å². The first-order valence-corrected chi connectivity index (χ1v) is 9.47. The standard InChI is InChI=1S/C20H32O/c1-2-15-3-5-16(6-4-15)17-7-9-18(10-8-17)19-11-13-20(21)14-12-19/h11,13,15-19H,2-10,12,14H2,1H3. The molecule has 1 atom stereocenters. The normalized spacial score (nSPS) is 41.2. The van der Waals surface area contributed by atoms with Crippen LogP contribution in [0.25, 0.3) is 0 Å². The van der Waals surface area contributed by atoms with Gasteiger partial charge in [-0.3, -0.25) is 4.79 Å². The molecule has 0 heterocycles. The lowest BCUT2D eigenvalue weighted by molar-refractivity contribution is -0.115. The third-order valence-corrected chi connectivity index (χ3v) is 6.81. The maximum Gasteiger partial charge on any atom is 0.155 e. The van der Waals surface area contributed by atoms with Gasteiger partial charge in [-0.2, -0.15) is 0 Å². The second kappa shape index (κ2) is 7.11. The van der Waals surface area contributed by atoms with Crippen LogP contribution in [0, 0.1) is 29.6 Å². The van der Waals surface area contributed by atoms with E-state index in [2.05, 4.69) is 13.0 Å². The zero-order valence-electron chi connectivity index (χ0n) is 13.7. The summed E-state index contributed by atoms with van der Waals surface area (Å²) in [5.74, 6) is 5.01. The van der Waals surface area contributed by atoms with Crippen LogP contribution in [0.4, 0.5) is 0 Å². The second-order valence-corrected chi connectivity index (χ2v) is 7.89. The summed E-state index contributed by atoms with van der Waals surface area (Å²) in [5.41, 5.74) is 0. The van der Waals surface area contributed by atoms with E-state index in [-0.39, 0.29) is 0 Å². The molecule has 1 unspecified atom stereocenters. The van der Waals surface area contributed by atoms with Crippen LogP contribution in [-0.4, -0.2) is 5.78 Å². The van der Waals surface area contributed by atoms with Crippen LogP contribution < -0.4 is 0 Å². The van der Waals surface area contributed by atoms with Gasteiger partial charge in [0.25, 0.3) is 0 Å². The summed E-state index contributed by atoms with van der Waals surface area (Å²) in [6.45, 7) is 2.36. The lowest BCUT2D eigenvalue weighted by Gasteiger charge is -2.39. The molecule has 0 radical (unpaired) electrons. The molecule has 0 bridgehead atoms. The topological polar surface area (TPSA) is 17.1 Å². The number of carbonyl (C=O) groups is 1. The molecule has 1 nitrogen and oxygen atoms in total. The van der Waals surface area contributed by atoms with Crippen LogP contribution in [0.5, 0.6) is 0 Å². The van der Waals surface area contributed by atoms with Gasteiger partial charge in [0.1, 0.15) is 0 Å². The number of ketones is 1. The fourth-order valence-electron chi connectivity index (χ4n) is 5.22. The first-order valence-electron chi connectivity index (χ1n) is 9.47. The Bertz CT molecular complexity index is 367. The van der Waals surface area contributed by atoms with Crippen molar-refractivity contribution in [3.63, 3.8) is 0 Å². The van der Waals surface area contributed by atoms with Gasteiger partial charge in [-0.15, -0.1) is 0 Å².